The van der Waals surface area contributed by atoms with Gasteiger partial charge in [0.1, 0.15) is 0 Å². The van der Waals surface area contributed by atoms with Crippen LogP contribution in [0.3, 0.4) is 0 Å². The van der Waals surface area contributed by atoms with Crippen LogP contribution in [-0.4, -0.2) is 32.2 Å². The molecule has 0 aromatic carbocycles. The molecule has 0 aromatic rings. The summed E-state index contributed by atoms with van der Waals surface area (Å²) in [5.74, 6) is 0. The van der Waals surface area contributed by atoms with E-state index in [0.717, 1.165) is 37.2 Å². The van der Waals surface area contributed by atoms with Crippen LogP contribution in [0.2, 0.25) is 0 Å². The number of nitrogens with one attached hydrogen (secondary N) is 2. The summed E-state index contributed by atoms with van der Waals surface area (Å²) in [6.07, 6.45) is 9.67. The van der Waals surface area contributed by atoms with Crippen molar-refractivity contribution in [1.82, 2.24) is 10.6 Å². The Balaban J connectivity index is 3.63. The highest BCUT2D eigenvalue weighted by Gasteiger charge is 2.00. The second kappa shape index (κ2) is 13.1. The minimum atomic E-state index is 0.579. The molecule has 0 heterocycles. The van der Waals surface area contributed by atoms with E-state index >= 15 is 0 Å². The zero-order chi connectivity index (χ0) is 15.2. The van der Waals surface area contributed by atoms with Gasteiger partial charge in [-0.25, -0.2) is 0 Å². The van der Waals surface area contributed by atoms with Crippen molar-refractivity contribution in [3.63, 3.8) is 0 Å². The average molecular weight is 279 g/mol. The van der Waals surface area contributed by atoms with Gasteiger partial charge in [-0.2, -0.15) is 0 Å². The Bertz CT molecular complexity index is 301. The van der Waals surface area contributed by atoms with Gasteiger partial charge in [0.15, 0.2) is 0 Å². The molecule has 0 amide bonds. The second-order valence-electron chi connectivity index (χ2n) is 5.06. The third kappa shape index (κ3) is 9.96. The van der Waals surface area contributed by atoms with E-state index in [4.69, 9.17) is 5.73 Å². The van der Waals surface area contributed by atoms with E-state index < -0.39 is 0 Å². The molecule has 116 valence electrons. The zero-order valence-corrected chi connectivity index (χ0v) is 13.5. The Morgan fingerprint density at radius 3 is 2.45 bits per heavy atom. The maximum Gasteiger partial charge on any atom is 0.0199 e. The van der Waals surface area contributed by atoms with Crippen LogP contribution in [0, 0.1) is 0 Å². The molecule has 3 nitrogen and oxygen atoms in total. The highest BCUT2D eigenvalue weighted by molar-refractivity contribution is 5.27. The summed E-state index contributed by atoms with van der Waals surface area (Å²) >= 11 is 0. The van der Waals surface area contributed by atoms with Crippen LogP contribution in [0.5, 0.6) is 0 Å². The van der Waals surface area contributed by atoms with Gasteiger partial charge in [0.25, 0.3) is 0 Å². The third-order valence-corrected chi connectivity index (χ3v) is 3.44. The summed E-state index contributed by atoms with van der Waals surface area (Å²) in [7, 11) is 0. The molecule has 20 heavy (non-hydrogen) atoms. The topological polar surface area (TPSA) is 50.1 Å². The normalized spacial score (nSPS) is 12.6. The maximum absolute atomic E-state index is 5.60. The second-order valence-corrected chi connectivity index (χ2v) is 5.06. The zero-order valence-electron chi connectivity index (χ0n) is 13.5. The van der Waals surface area contributed by atoms with Crippen molar-refractivity contribution in [2.45, 2.75) is 46.1 Å². The molecule has 0 atom stereocenters. The Hall–Kier alpha value is -0.900. The highest BCUT2D eigenvalue weighted by Crippen LogP contribution is 1.98. The van der Waals surface area contributed by atoms with E-state index in [0.29, 0.717) is 12.6 Å². The molecule has 0 unspecified atom stereocenters. The van der Waals surface area contributed by atoms with Crippen LogP contribution in [0.15, 0.2) is 36.0 Å². The lowest BCUT2D eigenvalue weighted by Gasteiger charge is -2.14. The van der Waals surface area contributed by atoms with Crippen LogP contribution < -0.4 is 16.4 Å². The molecule has 0 aliphatic heterocycles. The monoisotopic (exact) mass is 279 g/mol. The Morgan fingerprint density at radius 1 is 1.20 bits per heavy atom. The molecular formula is C17H33N3. The molecule has 4 N–H and O–H groups in total. The van der Waals surface area contributed by atoms with Crippen molar-refractivity contribution in [2.75, 3.05) is 26.2 Å². The van der Waals surface area contributed by atoms with Gasteiger partial charge >= 0.3 is 0 Å². The molecule has 0 saturated heterocycles. The predicted molar refractivity (Wildman–Crippen MR) is 91.0 cm³/mol. The number of hydrogen-bond donors (Lipinski definition) is 3. The van der Waals surface area contributed by atoms with Crippen molar-refractivity contribution in [2.24, 2.45) is 5.73 Å². The SMILES string of the molecule is C=C(/C=C\C(=C/C)CN)CNCCCNC(CC)CC. The fourth-order valence-corrected chi connectivity index (χ4v) is 1.91. The van der Waals surface area contributed by atoms with Crippen molar-refractivity contribution >= 4 is 0 Å². The average Bonchev–Trinajstić information content (AvgIpc) is 2.47. The first-order valence-electron chi connectivity index (χ1n) is 7.83. The van der Waals surface area contributed by atoms with Gasteiger partial charge in [-0.05, 0) is 50.4 Å². The standard InChI is InChI=1S/C17H33N3/c1-5-16(13-18)10-9-15(4)14-19-11-8-12-20-17(6-2)7-3/h5,9-10,17,19-20H,4,6-8,11-14,18H2,1-3H3/b10-9-,16-5+. The molecule has 0 bridgehead atoms. The van der Waals surface area contributed by atoms with Crippen molar-refractivity contribution in [3.8, 4) is 0 Å². The molecule has 0 spiro atoms. The Morgan fingerprint density at radius 2 is 1.90 bits per heavy atom. The van der Waals surface area contributed by atoms with E-state index in [1.54, 1.807) is 0 Å². The molecule has 0 aliphatic rings. The van der Waals surface area contributed by atoms with Gasteiger partial charge in [0.2, 0.25) is 0 Å². The Labute approximate surface area is 125 Å². The molecule has 0 aromatic heterocycles. The largest absolute Gasteiger partial charge is 0.327 e. The number of hydrogen-bond acceptors (Lipinski definition) is 3. The summed E-state index contributed by atoms with van der Waals surface area (Å²) in [5.41, 5.74) is 7.83. The molecule has 0 rings (SSSR count). The van der Waals surface area contributed by atoms with Crippen molar-refractivity contribution < 1.29 is 0 Å². The Kier molecular flexibility index (Phi) is 12.5. The quantitative estimate of drug-likeness (QED) is 0.380. The van der Waals surface area contributed by atoms with Crippen LogP contribution in [-0.2, 0) is 0 Å². The lowest BCUT2D eigenvalue weighted by atomic mass is 10.1. The first-order valence-corrected chi connectivity index (χ1v) is 7.83. The first-order chi connectivity index (χ1) is 9.67. The van der Waals surface area contributed by atoms with Crippen LogP contribution in [0.4, 0.5) is 0 Å². The van der Waals surface area contributed by atoms with Crippen molar-refractivity contribution in [3.05, 3.63) is 36.0 Å². The van der Waals surface area contributed by atoms with Gasteiger partial charge in [-0.1, -0.05) is 38.7 Å². The summed E-state index contributed by atoms with van der Waals surface area (Å²) in [5, 5.41) is 6.98. The van der Waals surface area contributed by atoms with Crippen LogP contribution >= 0.6 is 0 Å². The van der Waals surface area contributed by atoms with Crippen LogP contribution in [0.25, 0.3) is 0 Å². The molecule has 0 radical (unpaired) electrons. The number of allylic oxidation sites excluding steroid dienone is 1. The van der Waals surface area contributed by atoms with Gasteiger partial charge < -0.3 is 16.4 Å². The lowest BCUT2D eigenvalue weighted by Crippen LogP contribution is -2.30. The summed E-state index contributed by atoms with van der Waals surface area (Å²) in [6.45, 7) is 14.0. The summed E-state index contributed by atoms with van der Waals surface area (Å²) in [6, 6.07) is 0.670. The minimum absolute atomic E-state index is 0.579. The van der Waals surface area contributed by atoms with E-state index in [2.05, 4.69) is 31.1 Å². The fourth-order valence-electron chi connectivity index (χ4n) is 1.91. The number of nitrogens with two attached hydrogens (primary N) is 1. The third-order valence-electron chi connectivity index (χ3n) is 3.44. The summed E-state index contributed by atoms with van der Waals surface area (Å²) < 4.78 is 0. The molecular weight excluding hydrogens is 246 g/mol. The van der Waals surface area contributed by atoms with Gasteiger partial charge in [0, 0.05) is 19.1 Å². The molecule has 3 heteroatoms. The van der Waals surface area contributed by atoms with Gasteiger partial charge in [0.05, 0.1) is 0 Å². The predicted octanol–water partition coefficient (Wildman–Crippen LogP) is 2.76. The first kappa shape index (κ1) is 19.1. The molecule has 0 aliphatic carbocycles. The maximum atomic E-state index is 5.60. The minimum Gasteiger partial charge on any atom is -0.327 e. The van der Waals surface area contributed by atoms with E-state index in [9.17, 15) is 0 Å². The number of rotatable bonds is 12. The fraction of sp³-hybridized carbons (Fsp3) is 0.647. The molecule has 0 fully saturated rings. The van der Waals surface area contributed by atoms with Crippen molar-refractivity contribution in [1.29, 1.82) is 0 Å². The summed E-state index contributed by atoms with van der Waals surface area (Å²) in [4.78, 5) is 0. The van der Waals surface area contributed by atoms with Crippen LogP contribution in [0.1, 0.15) is 40.0 Å². The van der Waals surface area contributed by atoms with E-state index in [1.807, 2.05) is 25.2 Å². The van der Waals surface area contributed by atoms with Gasteiger partial charge in [-0.15, -0.1) is 0 Å². The lowest BCUT2D eigenvalue weighted by molar-refractivity contribution is 0.474. The van der Waals surface area contributed by atoms with E-state index in [-0.39, 0.29) is 0 Å². The molecule has 0 saturated carbocycles. The smallest absolute Gasteiger partial charge is 0.0199 e. The van der Waals surface area contributed by atoms with E-state index in [1.165, 1.54) is 12.8 Å². The highest BCUT2D eigenvalue weighted by atomic mass is 14.9. The van der Waals surface area contributed by atoms with Gasteiger partial charge in [-0.3, -0.25) is 0 Å².